The monoisotopic (exact) mass is 501 g/mol. The number of nitrogens with two attached hydrogens (primary N) is 1. The van der Waals surface area contributed by atoms with Crippen LogP contribution in [-0.2, 0) is 6.54 Å². The van der Waals surface area contributed by atoms with E-state index in [2.05, 4.69) is 38.9 Å². The SMILES string of the molecule is Nc1ncnc2c1c(-c1ccc3c(ccn3Cc3ccccc3Cl)c1)nn2C1CCN(C(=O)O)CC1. The molecule has 1 amide bonds. The van der Waals surface area contributed by atoms with Gasteiger partial charge in [-0.25, -0.2) is 19.4 Å². The third-order valence-electron chi connectivity index (χ3n) is 6.94. The molecule has 3 N–H and O–H groups in total. The molecule has 9 nitrogen and oxygen atoms in total. The summed E-state index contributed by atoms with van der Waals surface area (Å²) in [6.45, 7) is 1.60. The molecule has 0 spiro atoms. The second-order valence-electron chi connectivity index (χ2n) is 9.06. The van der Waals surface area contributed by atoms with Crippen LogP contribution in [0.2, 0.25) is 5.02 Å². The minimum atomic E-state index is -0.888. The molecule has 0 unspecified atom stereocenters. The molecule has 0 saturated carbocycles. The van der Waals surface area contributed by atoms with Crippen LogP contribution in [0, 0.1) is 0 Å². The number of anilines is 1. The molecule has 4 heterocycles. The zero-order valence-corrected chi connectivity index (χ0v) is 20.1. The average Bonchev–Trinajstić information content (AvgIpc) is 3.47. The van der Waals surface area contributed by atoms with E-state index in [1.165, 1.54) is 11.2 Å². The lowest BCUT2D eigenvalue weighted by Crippen LogP contribution is -2.38. The highest BCUT2D eigenvalue weighted by molar-refractivity contribution is 6.31. The number of amides is 1. The van der Waals surface area contributed by atoms with E-state index in [1.54, 1.807) is 0 Å². The van der Waals surface area contributed by atoms with Crippen molar-refractivity contribution in [1.29, 1.82) is 0 Å². The van der Waals surface area contributed by atoms with Crippen LogP contribution in [0.3, 0.4) is 0 Å². The highest BCUT2D eigenvalue weighted by Crippen LogP contribution is 2.35. The number of halogens is 1. The maximum Gasteiger partial charge on any atom is 0.407 e. The molecule has 3 aromatic heterocycles. The van der Waals surface area contributed by atoms with Crippen molar-refractivity contribution < 1.29 is 9.90 Å². The molecule has 6 rings (SSSR count). The fourth-order valence-corrected chi connectivity index (χ4v) is 5.24. The number of hydrogen-bond acceptors (Lipinski definition) is 5. The van der Waals surface area contributed by atoms with Gasteiger partial charge in [0.1, 0.15) is 17.8 Å². The maximum absolute atomic E-state index is 11.3. The van der Waals surface area contributed by atoms with Gasteiger partial charge in [0.25, 0.3) is 0 Å². The Morgan fingerprint density at radius 2 is 1.92 bits per heavy atom. The molecule has 36 heavy (non-hydrogen) atoms. The number of carboxylic acid groups (broad SMARTS) is 1. The van der Waals surface area contributed by atoms with E-state index in [0.29, 0.717) is 49.3 Å². The molecule has 10 heteroatoms. The van der Waals surface area contributed by atoms with Gasteiger partial charge >= 0.3 is 6.09 Å². The van der Waals surface area contributed by atoms with E-state index in [1.807, 2.05) is 35.0 Å². The van der Waals surface area contributed by atoms with Crippen LogP contribution >= 0.6 is 11.6 Å². The first-order valence-corrected chi connectivity index (χ1v) is 12.2. The summed E-state index contributed by atoms with van der Waals surface area (Å²) in [5, 5.41) is 16.8. The Labute approximate surface area is 211 Å². The molecule has 0 aliphatic carbocycles. The fraction of sp³-hybridized carbons (Fsp3) is 0.231. The Morgan fingerprint density at radius 3 is 2.69 bits per heavy atom. The average molecular weight is 502 g/mol. The van der Waals surface area contributed by atoms with Crippen molar-refractivity contribution in [2.24, 2.45) is 0 Å². The number of hydrogen-bond donors (Lipinski definition) is 2. The van der Waals surface area contributed by atoms with Gasteiger partial charge < -0.3 is 20.3 Å². The van der Waals surface area contributed by atoms with Crippen molar-refractivity contribution in [3.8, 4) is 11.3 Å². The zero-order chi connectivity index (χ0) is 24.8. The number of benzene rings is 2. The molecule has 182 valence electrons. The molecule has 0 radical (unpaired) electrons. The van der Waals surface area contributed by atoms with E-state index in [4.69, 9.17) is 22.4 Å². The van der Waals surface area contributed by atoms with Crippen LogP contribution in [-0.4, -0.2) is 53.5 Å². The highest BCUT2D eigenvalue weighted by atomic mass is 35.5. The summed E-state index contributed by atoms with van der Waals surface area (Å²) in [5.74, 6) is 0.376. The Hall–Kier alpha value is -4.11. The summed E-state index contributed by atoms with van der Waals surface area (Å²) in [4.78, 5) is 21.5. The molecule has 1 saturated heterocycles. The lowest BCUT2D eigenvalue weighted by molar-refractivity contribution is 0.124. The molecule has 0 bridgehead atoms. The van der Waals surface area contributed by atoms with Crippen molar-refractivity contribution in [3.63, 3.8) is 0 Å². The number of nitrogen functional groups attached to an aromatic ring is 1. The number of likely N-dealkylation sites (tertiary alicyclic amines) is 1. The third-order valence-corrected chi connectivity index (χ3v) is 7.31. The topological polar surface area (TPSA) is 115 Å². The lowest BCUT2D eigenvalue weighted by atomic mass is 10.1. The summed E-state index contributed by atoms with van der Waals surface area (Å²) in [5.41, 5.74) is 10.8. The highest BCUT2D eigenvalue weighted by Gasteiger charge is 2.27. The van der Waals surface area contributed by atoms with Gasteiger partial charge in [-0.05, 0) is 42.7 Å². The molecular formula is C26H24ClN7O2. The standard InChI is InChI=1S/C26H24ClN7O2/c27-20-4-2-1-3-18(20)14-33-10-7-16-13-17(5-6-21(16)33)23-22-24(28)29-15-30-25(22)34(31-23)19-8-11-32(12-9-19)26(35)36/h1-7,10,13,15,19H,8-9,11-12,14H2,(H,35,36)(H2,28,29,30). The molecule has 2 aromatic carbocycles. The van der Waals surface area contributed by atoms with Gasteiger partial charge in [0.2, 0.25) is 0 Å². The van der Waals surface area contributed by atoms with Crippen LogP contribution in [0.15, 0.2) is 61.1 Å². The lowest BCUT2D eigenvalue weighted by Gasteiger charge is -2.30. The van der Waals surface area contributed by atoms with Crippen LogP contribution in [0.5, 0.6) is 0 Å². The van der Waals surface area contributed by atoms with Crippen molar-refractivity contribution >= 4 is 45.4 Å². The van der Waals surface area contributed by atoms with Crippen molar-refractivity contribution in [3.05, 3.63) is 71.6 Å². The van der Waals surface area contributed by atoms with Gasteiger partial charge in [-0.1, -0.05) is 35.9 Å². The Balaban J connectivity index is 1.38. The van der Waals surface area contributed by atoms with Gasteiger partial charge in [0, 0.05) is 47.3 Å². The first-order chi connectivity index (χ1) is 17.5. The van der Waals surface area contributed by atoms with Gasteiger partial charge in [0.15, 0.2) is 5.65 Å². The second-order valence-corrected chi connectivity index (χ2v) is 9.47. The molecule has 1 aliphatic heterocycles. The number of aromatic nitrogens is 5. The summed E-state index contributed by atoms with van der Waals surface area (Å²) in [6, 6.07) is 16.2. The molecule has 1 aliphatic rings. The predicted molar refractivity (Wildman–Crippen MR) is 139 cm³/mol. The summed E-state index contributed by atoms with van der Waals surface area (Å²) >= 11 is 6.38. The Morgan fingerprint density at radius 1 is 1.11 bits per heavy atom. The molecular weight excluding hydrogens is 478 g/mol. The minimum Gasteiger partial charge on any atom is -0.465 e. The normalized spacial score (nSPS) is 14.6. The number of piperidine rings is 1. The van der Waals surface area contributed by atoms with Gasteiger partial charge in [-0.15, -0.1) is 0 Å². The Kier molecular flexibility index (Phi) is 5.49. The quantitative estimate of drug-likeness (QED) is 0.356. The number of carbonyl (C=O) groups is 1. The third kappa shape index (κ3) is 3.81. The van der Waals surface area contributed by atoms with Gasteiger partial charge in [-0.2, -0.15) is 5.10 Å². The molecule has 5 aromatic rings. The number of nitrogens with zero attached hydrogens (tertiary/aromatic N) is 6. The summed E-state index contributed by atoms with van der Waals surface area (Å²) < 4.78 is 4.07. The van der Waals surface area contributed by atoms with Crippen molar-refractivity contribution in [2.45, 2.75) is 25.4 Å². The van der Waals surface area contributed by atoms with Crippen LogP contribution < -0.4 is 5.73 Å². The van der Waals surface area contributed by atoms with Gasteiger partial charge in [-0.3, -0.25) is 0 Å². The summed E-state index contributed by atoms with van der Waals surface area (Å²) in [6.07, 6.45) is 3.94. The first-order valence-electron chi connectivity index (χ1n) is 11.8. The number of rotatable bonds is 4. The van der Waals surface area contributed by atoms with E-state index in [0.717, 1.165) is 32.7 Å². The maximum atomic E-state index is 11.3. The first kappa shape index (κ1) is 22.4. The fourth-order valence-electron chi connectivity index (χ4n) is 5.05. The molecule has 1 fully saturated rings. The van der Waals surface area contributed by atoms with Gasteiger partial charge in [0.05, 0.1) is 11.4 Å². The minimum absolute atomic E-state index is 0.0339. The Bertz CT molecular complexity index is 1600. The van der Waals surface area contributed by atoms with Crippen molar-refractivity contribution in [2.75, 3.05) is 18.8 Å². The molecule has 0 atom stereocenters. The second kappa shape index (κ2) is 8.83. The van der Waals surface area contributed by atoms with E-state index in [-0.39, 0.29) is 6.04 Å². The number of fused-ring (bicyclic) bond motifs is 2. The van der Waals surface area contributed by atoms with E-state index >= 15 is 0 Å². The van der Waals surface area contributed by atoms with E-state index < -0.39 is 6.09 Å². The summed E-state index contributed by atoms with van der Waals surface area (Å²) in [7, 11) is 0. The largest absolute Gasteiger partial charge is 0.465 e. The van der Waals surface area contributed by atoms with Crippen LogP contribution in [0.4, 0.5) is 10.6 Å². The van der Waals surface area contributed by atoms with Crippen LogP contribution in [0.1, 0.15) is 24.4 Å². The van der Waals surface area contributed by atoms with E-state index in [9.17, 15) is 9.90 Å². The predicted octanol–water partition coefficient (Wildman–Crippen LogP) is 5.05. The van der Waals surface area contributed by atoms with Crippen molar-refractivity contribution in [1.82, 2.24) is 29.2 Å². The zero-order valence-electron chi connectivity index (χ0n) is 19.4. The smallest absolute Gasteiger partial charge is 0.407 e. The van der Waals surface area contributed by atoms with Crippen LogP contribution in [0.25, 0.3) is 33.2 Å².